The summed E-state index contributed by atoms with van der Waals surface area (Å²) in [5, 5.41) is 1.93. The molecule has 0 saturated heterocycles. The van der Waals surface area contributed by atoms with Crippen LogP contribution in [-0.4, -0.2) is 21.4 Å². The van der Waals surface area contributed by atoms with Crippen molar-refractivity contribution in [3.63, 3.8) is 0 Å². The van der Waals surface area contributed by atoms with Gasteiger partial charge < -0.3 is 9.79 Å². The highest BCUT2D eigenvalue weighted by Gasteiger charge is 2.10. The van der Waals surface area contributed by atoms with Crippen molar-refractivity contribution in [2.75, 3.05) is 6.61 Å². The maximum Gasteiger partial charge on any atom is 0.469 e. The number of rotatable bonds is 2. The topological polar surface area (TPSA) is 79.7 Å². The largest absolute Gasteiger partial charge is 0.469 e. The van der Waals surface area contributed by atoms with E-state index >= 15 is 0 Å². The molecule has 5 nitrogen and oxygen atoms in total. The van der Waals surface area contributed by atoms with Gasteiger partial charge in [0.2, 0.25) is 0 Å². The lowest BCUT2D eigenvalue weighted by Crippen LogP contribution is -1.84. The second-order valence-corrected chi connectivity index (χ2v) is 3.58. The fraction of sp³-hybridized carbons (Fsp3) is 0.400. The minimum absolute atomic E-state index is 0.0459. The Hall–Kier alpha value is -0.260. The lowest BCUT2D eigenvalue weighted by molar-refractivity contribution is 0.206. The lowest BCUT2D eigenvalue weighted by Gasteiger charge is -1.98. The van der Waals surface area contributed by atoms with Crippen LogP contribution in [0, 0.1) is 0 Å². The van der Waals surface area contributed by atoms with Crippen molar-refractivity contribution in [1.82, 2.24) is 4.98 Å². The third-order valence-electron chi connectivity index (χ3n) is 0.644. The van der Waals surface area contributed by atoms with E-state index in [4.69, 9.17) is 9.79 Å². The number of nitrogens with zero attached hydrogens (tertiary/aromatic N) is 1. The van der Waals surface area contributed by atoms with Gasteiger partial charge in [-0.25, -0.2) is 4.57 Å². The van der Waals surface area contributed by atoms with Crippen LogP contribution in [0.25, 0.3) is 0 Å². The highest BCUT2D eigenvalue weighted by atomic mass is 32.1. The standard InChI is InChI=1S/C3H3NS.C2H7O4P/c1-2-5-3-4-1;1-2-6-7(3,4)5/h1-3H;2H2,1H3,(H2,3,4,5). The van der Waals surface area contributed by atoms with Crippen LogP contribution in [-0.2, 0) is 9.09 Å². The second-order valence-electron chi connectivity index (χ2n) is 1.58. The third-order valence-corrected chi connectivity index (χ3v) is 1.76. The smallest absolute Gasteiger partial charge is 0.303 e. The summed E-state index contributed by atoms with van der Waals surface area (Å²) < 4.78 is 13.6. The van der Waals surface area contributed by atoms with Gasteiger partial charge in [-0.15, -0.1) is 11.3 Å². The van der Waals surface area contributed by atoms with Gasteiger partial charge in [0.15, 0.2) is 0 Å². The SMILES string of the molecule is CCOP(=O)(O)O.c1cscn1. The molecule has 0 spiro atoms. The number of aromatic nitrogens is 1. The van der Waals surface area contributed by atoms with Crippen LogP contribution in [0.3, 0.4) is 0 Å². The molecule has 0 radical (unpaired) electrons. The van der Waals surface area contributed by atoms with E-state index in [1.807, 2.05) is 5.38 Å². The molecular formula is C5H10NO4PS. The zero-order valence-corrected chi connectivity index (χ0v) is 8.16. The molecule has 0 atom stereocenters. The number of phosphoric acid groups is 1. The molecule has 12 heavy (non-hydrogen) atoms. The van der Waals surface area contributed by atoms with Crippen LogP contribution in [0.2, 0.25) is 0 Å². The number of thiazole rings is 1. The zero-order chi connectivity index (χ0) is 9.45. The van der Waals surface area contributed by atoms with E-state index < -0.39 is 7.82 Å². The van der Waals surface area contributed by atoms with Gasteiger partial charge in [-0.1, -0.05) is 0 Å². The van der Waals surface area contributed by atoms with Gasteiger partial charge in [-0.3, -0.25) is 9.51 Å². The molecule has 0 aromatic carbocycles. The third kappa shape index (κ3) is 9.74. The minimum Gasteiger partial charge on any atom is -0.303 e. The maximum atomic E-state index is 9.70. The van der Waals surface area contributed by atoms with Gasteiger partial charge in [-0.05, 0) is 6.92 Å². The number of phosphoric ester groups is 1. The molecule has 0 fully saturated rings. The van der Waals surface area contributed by atoms with E-state index in [-0.39, 0.29) is 6.61 Å². The fourth-order valence-corrected chi connectivity index (χ4v) is 1.03. The summed E-state index contributed by atoms with van der Waals surface area (Å²) in [6.07, 6.45) is 1.77. The van der Waals surface area contributed by atoms with E-state index in [0.717, 1.165) is 0 Å². The Balaban J connectivity index is 0.000000211. The summed E-state index contributed by atoms with van der Waals surface area (Å²) in [6.45, 7) is 1.56. The predicted octanol–water partition coefficient (Wildman–Crippen LogP) is 1.26. The molecule has 0 saturated carbocycles. The Labute approximate surface area is 74.3 Å². The van der Waals surface area contributed by atoms with Gasteiger partial charge in [-0.2, -0.15) is 0 Å². The summed E-state index contributed by atoms with van der Waals surface area (Å²) in [5.74, 6) is 0. The molecule has 0 aliphatic carbocycles. The monoisotopic (exact) mass is 211 g/mol. The summed E-state index contributed by atoms with van der Waals surface area (Å²) >= 11 is 1.60. The molecule has 0 aliphatic heterocycles. The van der Waals surface area contributed by atoms with Crippen LogP contribution in [0.15, 0.2) is 17.1 Å². The molecular weight excluding hydrogens is 201 g/mol. The van der Waals surface area contributed by atoms with E-state index in [1.165, 1.54) is 6.92 Å². The van der Waals surface area contributed by atoms with Gasteiger partial charge in [0.1, 0.15) is 0 Å². The van der Waals surface area contributed by atoms with Crippen molar-refractivity contribution in [3.05, 3.63) is 17.1 Å². The van der Waals surface area contributed by atoms with Gasteiger partial charge in [0.25, 0.3) is 0 Å². The first-order valence-electron chi connectivity index (χ1n) is 3.08. The number of hydrogen-bond acceptors (Lipinski definition) is 4. The van der Waals surface area contributed by atoms with Crippen molar-refractivity contribution >= 4 is 19.2 Å². The molecule has 7 heteroatoms. The lowest BCUT2D eigenvalue weighted by atomic mass is 10.9. The normalized spacial score (nSPS) is 10.2. The Morgan fingerprint density at radius 3 is 2.42 bits per heavy atom. The summed E-state index contributed by atoms with van der Waals surface area (Å²) in [4.78, 5) is 19.6. The van der Waals surface area contributed by atoms with Gasteiger partial charge >= 0.3 is 7.82 Å². The molecule has 1 aromatic rings. The molecule has 0 unspecified atom stereocenters. The van der Waals surface area contributed by atoms with E-state index in [2.05, 4.69) is 9.51 Å². The highest BCUT2D eigenvalue weighted by Crippen LogP contribution is 2.34. The molecule has 70 valence electrons. The van der Waals surface area contributed by atoms with Crippen LogP contribution in [0.5, 0.6) is 0 Å². The first kappa shape index (κ1) is 11.7. The highest BCUT2D eigenvalue weighted by molar-refractivity contribution is 7.46. The molecule has 1 aromatic heterocycles. The average Bonchev–Trinajstić information content (AvgIpc) is 2.38. The molecule has 0 amide bonds. The Bertz CT molecular complexity index is 204. The first-order valence-corrected chi connectivity index (χ1v) is 5.56. The van der Waals surface area contributed by atoms with E-state index in [0.29, 0.717) is 0 Å². The molecule has 1 heterocycles. The van der Waals surface area contributed by atoms with Crippen LogP contribution >= 0.6 is 19.2 Å². The van der Waals surface area contributed by atoms with E-state index in [1.54, 1.807) is 23.0 Å². The Morgan fingerprint density at radius 1 is 1.67 bits per heavy atom. The summed E-state index contributed by atoms with van der Waals surface area (Å²) in [5.41, 5.74) is 1.79. The fourth-order valence-electron chi connectivity index (χ4n) is 0.344. The van der Waals surface area contributed by atoms with Crippen molar-refractivity contribution in [3.8, 4) is 0 Å². The molecule has 0 aliphatic rings. The van der Waals surface area contributed by atoms with Crippen molar-refractivity contribution in [2.24, 2.45) is 0 Å². The summed E-state index contributed by atoms with van der Waals surface area (Å²) in [7, 11) is -4.17. The molecule has 1 rings (SSSR count). The first-order chi connectivity index (χ1) is 5.56. The zero-order valence-electron chi connectivity index (χ0n) is 6.45. The maximum absolute atomic E-state index is 9.70. The number of hydrogen-bond donors (Lipinski definition) is 2. The van der Waals surface area contributed by atoms with Crippen molar-refractivity contribution < 1.29 is 18.9 Å². The van der Waals surface area contributed by atoms with Crippen LogP contribution in [0.4, 0.5) is 0 Å². The van der Waals surface area contributed by atoms with Crippen LogP contribution < -0.4 is 0 Å². The molecule has 0 bridgehead atoms. The van der Waals surface area contributed by atoms with Crippen LogP contribution in [0.1, 0.15) is 6.92 Å². The minimum atomic E-state index is -4.17. The summed E-state index contributed by atoms with van der Waals surface area (Å²) in [6, 6.07) is 0. The predicted molar refractivity (Wildman–Crippen MR) is 45.8 cm³/mol. The van der Waals surface area contributed by atoms with E-state index in [9.17, 15) is 4.57 Å². The van der Waals surface area contributed by atoms with Crippen molar-refractivity contribution in [2.45, 2.75) is 6.92 Å². The van der Waals surface area contributed by atoms with Gasteiger partial charge in [0.05, 0.1) is 12.1 Å². The second kappa shape index (κ2) is 6.28. The quantitative estimate of drug-likeness (QED) is 0.720. The Morgan fingerprint density at radius 2 is 2.33 bits per heavy atom. The van der Waals surface area contributed by atoms with Gasteiger partial charge in [0, 0.05) is 11.6 Å². The van der Waals surface area contributed by atoms with Crippen molar-refractivity contribution in [1.29, 1.82) is 0 Å². The average molecular weight is 211 g/mol. The Kier molecular flexibility index (Phi) is 6.14. The molecule has 2 N–H and O–H groups in total.